The number of halogens is 2. The summed E-state index contributed by atoms with van der Waals surface area (Å²) in [6.07, 6.45) is 0. The van der Waals surface area contributed by atoms with Crippen LogP contribution in [0.1, 0.15) is 5.56 Å². The molecule has 0 saturated carbocycles. The van der Waals surface area contributed by atoms with E-state index in [1.807, 2.05) is 0 Å². The molecule has 0 aliphatic rings. The summed E-state index contributed by atoms with van der Waals surface area (Å²) in [5, 5.41) is 0.452. The molecule has 2 aromatic rings. The number of sulfonamides is 1. The quantitative estimate of drug-likeness (QED) is 0.849. The van der Waals surface area contributed by atoms with Crippen LogP contribution in [0.25, 0.3) is 0 Å². The summed E-state index contributed by atoms with van der Waals surface area (Å²) >= 11 is 9.35. The van der Waals surface area contributed by atoms with Crippen molar-refractivity contribution in [2.45, 2.75) is 11.4 Å². The maximum Gasteiger partial charge on any atom is 0.240 e. The fourth-order valence-corrected chi connectivity index (χ4v) is 3.26. The minimum atomic E-state index is -3.60. The van der Waals surface area contributed by atoms with E-state index in [4.69, 9.17) is 16.3 Å². The molecule has 0 amide bonds. The average Bonchev–Trinajstić information content (AvgIpc) is 2.46. The molecule has 0 aliphatic carbocycles. The summed E-state index contributed by atoms with van der Waals surface area (Å²) in [6.45, 7) is 0.0568. The molecule has 0 atom stereocenters. The maximum absolute atomic E-state index is 12.2. The number of rotatable bonds is 5. The first-order chi connectivity index (χ1) is 9.94. The first kappa shape index (κ1) is 16.3. The minimum absolute atomic E-state index is 0.0568. The Balaban J connectivity index is 2.21. The van der Waals surface area contributed by atoms with Crippen molar-refractivity contribution in [1.82, 2.24) is 4.72 Å². The molecule has 0 unspecified atom stereocenters. The topological polar surface area (TPSA) is 55.4 Å². The summed E-state index contributed by atoms with van der Waals surface area (Å²) in [7, 11) is -2.09. The number of benzene rings is 2. The fourth-order valence-electron chi connectivity index (χ4n) is 1.77. The van der Waals surface area contributed by atoms with Gasteiger partial charge in [0.05, 0.1) is 12.0 Å². The van der Waals surface area contributed by atoms with Gasteiger partial charge in [0.15, 0.2) is 0 Å². The van der Waals surface area contributed by atoms with Gasteiger partial charge in [0, 0.05) is 21.6 Å². The molecule has 0 aromatic heterocycles. The van der Waals surface area contributed by atoms with Crippen molar-refractivity contribution in [3.05, 3.63) is 57.5 Å². The predicted molar refractivity (Wildman–Crippen MR) is 86.2 cm³/mol. The lowest BCUT2D eigenvalue weighted by Gasteiger charge is -2.12. The van der Waals surface area contributed by atoms with Gasteiger partial charge in [0.1, 0.15) is 5.75 Å². The number of hydrogen-bond acceptors (Lipinski definition) is 3. The molecule has 7 heteroatoms. The van der Waals surface area contributed by atoms with Crippen LogP contribution >= 0.6 is 27.5 Å². The molecule has 0 aliphatic heterocycles. The summed E-state index contributed by atoms with van der Waals surface area (Å²) < 4.78 is 33.0. The SMILES string of the molecule is COc1cccc(Cl)c1CNS(=O)(=O)c1ccc(Br)cc1. The first-order valence-electron chi connectivity index (χ1n) is 6.00. The van der Waals surface area contributed by atoms with Gasteiger partial charge in [-0.1, -0.05) is 33.6 Å². The Bertz CT molecular complexity index is 732. The fraction of sp³-hybridized carbons (Fsp3) is 0.143. The lowest BCUT2D eigenvalue weighted by molar-refractivity contribution is 0.409. The molecule has 21 heavy (non-hydrogen) atoms. The van der Waals surface area contributed by atoms with Crippen molar-refractivity contribution in [3.8, 4) is 5.75 Å². The molecule has 0 spiro atoms. The molecule has 0 saturated heterocycles. The number of nitrogens with one attached hydrogen (secondary N) is 1. The van der Waals surface area contributed by atoms with E-state index in [9.17, 15) is 8.42 Å². The van der Waals surface area contributed by atoms with Crippen LogP contribution in [0.2, 0.25) is 5.02 Å². The van der Waals surface area contributed by atoms with Gasteiger partial charge in [-0.2, -0.15) is 0 Å². The van der Waals surface area contributed by atoms with Gasteiger partial charge in [-0.05, 0) is 36.4 Å². The molecule has 4 nitrogen and oxygen atoms in total. The van der Waals surface area contributed by atoms with Crippen LogP contribution in [-0.2, 0) is 16.6 Å². The molecule has 0 fully saturated rings. The highest BCUT2D eigenvalue weighted by atomic mass is 79.9. The second kappa shape index (κ2) is 6.79. The van der Waals surface area contributed by atoms with Crippen LogP contribution < -0.4 is 9.46 Å². The van der Waals surface area contributed by atoms with Gasteiger partial charge >= 0.3 is 0 Å². The van der Waals surface area contributed by atoms with E-state index in [2.05, 4.69) is 20.7 Å². The van der Waals surface area contributed by atoms with E-state index in [1.165, 1.54) is 19.2 Å². The first-order valence-corrected chi connectivity index (χ1v) is 8.66. The van der Waals surface area contributed by atoms with Crippen molar-refractivity contribution < 1.29 is 13.2 Å². The molecule has 0 bridgehead atoms. The second-order valence-corrected chi connectivity index (χ2v) is 7.29. The van der Waals surface area contributed by atoms with E-state index in [-0.39, 0.29) is 11.4 Å². The van der Waals surface area contributed by atoms with E-state index in [1.54, 1.807) is 30.3 Å². The Labute approximate surface area is 137 Å². The Morgan fingerprint density at radius 3 is 2.48 bits per heavy atom. The third kappa shape index (κ3) is 3.97. The monoisotopic (exact) mass is 389 g/mol. The molecule has 112 valence electrons. The van der Waals surface area contributed by atoms with Crippen LogP contribution in [0.15, 0.2) is 51.8 Å². The summed E-state index contributed by atoms with van der Waals surface area (Å²) in [6, 6.07) is 11.6. The third-order valence-electron chi connectivity index (χ3n) is 2.86. The number of hydrogen-bond donors (Lipinski definition) is 1. The van der Waals surface area contributed by atoms with Gasteiger partial charge in [0.25, 0.3) is 0 Å². The highest BCUT2D eigenvalue weighted by Crippen LogP contribution is 2.26. The molecular formula is C14H13BrClNO3S. The lowest BCUT2D eigenvalue weighted by Crippen LogP contribution is -2.23. The van der Waals surface area contributed by atoms with Crippen LogP contribution in [0.5, 0.6) is 5.75 Å². The highest BCUT2D eigenvalue weighted by Gasteiger charge is 2.16. The molecular weight excluding hydrogens is 378 g/mol. The largest absolute Gasteiger partial charge is 0.496 e. The van der Waals surface area contributed by atoms with Crippen LogP contribution in [-0.4, -0.2) is 15.5 Å². The number of ether oxygens (including phenoxy) is 1. The molecule has 0 heterocycles. The molecule has 1 N–H and O–H groups in total. The Morgan fingerprint density at radius 1 is 1.19 bits per heavy atom. The zero-order valence-corrected chi connectivity index (χ0v) is 14.3. The lowest BCUT2D eigenvalue weighted by atomic mass is 10.2. The molecule has 0 radical (unpaired) electrons. The smallest absolute Gasteiger partial charge is 0.240 e. The third-order valence-corrected chi connectivity index (χ3v) is 5.16. The van der Waals surface area contributed by atoms with Crippen LogP contribution in [0.4, 0.5) is 0 Å². The normalized spacial score (nSPS) is 11.4. The Hall–Kier alpha value is -1.08. The van der Waals surface area contributed by atoms with Crippen molar-refractivity contribution >= 4 is 37.6 Å². The number of methoxy groups -OCH3 is 1. The standard InChI is InChI=1S/C14H13BrClNO3S/c1-20-14-4-2-3-13(16)12(14)9-17-21(18,19)11-7-5-10(15)6-8-11/h2-8,17H,9H2,1H3. The van der Waals surface area contributed by atoms with E-state index < -0.39 is 10.0 Å². The second-order valence-electron chi connectivity index (χ2n) is 4.20. The zero-order chi connectivity index (χ0) is 15.5. The van der Waals surface area contributed by atoms with Gasteiger partial charge in [-0.3, -0.25) is 0 Å². The summed E-state index contributed by atoms with van der Waals surface area (Å²) in [5.41, 5.74) is 0.599. The van der Waals surface area contributed by atoms with Gasteiger partial charge in [-0.25, -0.2) is 13.1 Å². The Kier molecular flexibility index (Phi) is 5.27. The van der Waals surface area contributed by atoms with Crippen molar-refractivity contribution in [1.29, 1.82) is 0 Å². The van der Waals surface area contributed by atoms with Crippen molar-refractivity contribution in [2.75, 3.05) is 7.11 Å². The maximum atomic E-state index is 12.2. The highest BCUT2D eigenvalue weighted by molar-refractivity contribution is 9.10. The average molecular weight is 391 g/mol. The van der Waals surface area contributed by atoms with E-state index in [0.29, 0.717) is 16.3 Å². The van der Waals surface area contributed by atoms with Gasteiger partial charge in [0.2, 0.25) is 10.0 Å². The van der Waals surface area contributed by atoms with Crippen molar-refractivity contribution in [2.24, 2.45) is 0 Å². The van der Waals surface area contributed by atoms with Gasteiger partial charge < -0.3 is 4.74 Å². The van der Waals surface area contributed by atoms with E-state index in [0.717, 1.165) is 4.47 Å². The van der Waals surface area contributed by atoms with Crippen molar-refractivity contribution in [3.63, 3.8) is 0 Å². The predicted octanol–water partition coefficient (Wildman–Crippen LogP) is 3.59. The Morgan fingerprint density at radius 2 is 1.86 bits per heavy atom. The summed E-state index contributed by atoms with van der Waals surface area (Å²) in [4.78, 5) is 0.191. The zero-order valence-electron chi connectivity index (χ0n) is 11.1. The minimum Gasteiger partial charge on any atom is -0.496 e. The van der Waals surface area contributed by atoms with Crippen LogP contribution in [0.3, 0.4) is 0 Å². The molecule has 2 aromatic carbocycles. The van der Waals surface area contributed by atoms with E-state index >= 15 is 0 Å². The van der Waals surface area contributed by atoms with Crippen LogP contribution in [0, 0.1) is 0 Å². The van der Waals surface area contributed by atoms with Gasteiger partial charge in [-0.15, -0.1) is 0 Å². The summed E-state index contributed by atoms with van der Waals surface area (Å²) in [5.74, 6) is 0.543. The molecule has 2 rings (SSSR count).